The van der Waals surface area contributed by atoms with Crippen LogP contribution in [0.25, 0.3) is 0 Å². The van der Waals surface area contributed by atoms with Crippen LogP contribution in [0.1, 0.15) is 35.3 Å². The van der Waals surface area contributed by atoms with Gasteiger partial charge in [-0.1, -0.05) is 29.8 Å². The molecule has 6 nitrogen and oxygen atoms in total. The van der Waals surface area contributed by atoms with Crippen molar-refractivity contribution in [1.29, 1.82) is 0 Å². The molecule has 0 saturated carbocycles. The van der Waals surface area contributed by atoms with Gasteiger partial charge >= 0.3 is 5.97 Å². The summed E-state index contributed by atoms with van der Waals surface area (Å²) in [6.07, 6.45) is -1.01. The average molecular weight is 369 g/mol. The Balaban J connectivity index is 2.01. The third kappa shape index (κ3) is 5.41. The van der Waals surface area contributed by atoms with Crippen LogP contribution < -0.4 is 10.1 Å². The molecule has 0 unspecified atom stereocenters. The van der Waals surface area contributed by atoms with Crippen molar-refractivity contribution in [2.45, 2.75) is 33.3 Å². The van der Waals surface area contributed by atoms with Gasteiger partial charge in [0.05, 0.1) is 19.2 Å². The number of rotatable bonds is 7. The number of Topliss-reactive ketones (excluding diaryl/α,β-unsaturated/α-hetero) is 1. The van der Waals surface area contributed by atoms with Crippen LogP contribution in [-0.4, -0.2) is 30.9 Å². The smallest absolute Gasteiger partial charge is 0.311 e. The van der Waals surface area contributed by atoms with Gasteiger partial charge in [-0.25, -0.2) is 0 Å². The van der Waals surface area contributed by atoms with Gasteiger partial charge in [-0.05, 0) is 39.0 Å². The maximum atomic E-state index is 12.3. The number of hydrogen-bond acceptors (Lipinski definition) is 5. The van der Waals surface area contributed by atoms with E-state index in [0.717, 1.165) is 5.56 Å². The molecule has 0 bridgehead atoms. The standard InChI is InChI=1S/C21H23NO5/c1-13-9-10-19(26-4)16(11-13)12-20(24)27-15(3)21(25)22-18-8-6-5-7-17(18)14(2)23/h5-11,15H,12H2,1-4H3,(H,22,25)/t15-/m0/s1. The Labute approximate surface area is 158 Å². The molecule has 0 fully saturated rings. The molecule has 27 heavy (non-hydrogen) atoms. The van der Waals surface area contributed by atoms with Gasteiger partial charge in [-0.15, -0.1) is 0 Å². The lowest BCUT2D eigenvalue weighted by Crippen LogP contribution is -2.31. The number of ether oxygens (including phenoxy) is 2. The summed E-state index contributed by atoms with van der Waals surface area (Å²) in [6, 6.07) is 12.2. The molecule has 6 heteroatoms. The van der Waals surface area contributed by atoms with Crippen molar-refractivity contribution in [2.75, 3.05) is 12.4 Å². The summed E-state index contributed by atoms with van der Waals surface area (Å²) in [7, 11) is 1.53. The van der Waals surface area contributed by atoms with Crippen LogP contribution in [0.5, 0.6) is 5.75 Å². The van der Waals surface area contributed by atoms with Gasteiger partial charge in [0.2, 0.25) is 0 Å². The Morgan fingerprint density at radius 1 is 1.11 bits per heavy atom. The molecule has 2 aromatic carbocycles. The van der Waals surface area contributed by atoms with E-state index in [1.807, 2.05) is 19.1 Å². The predicted molar refractivity (Wildman–Crippen MR) is 102 cm³/mol. The molecule has 2 rings (SSSR count). The van der Waals surface area contributed by atoms with Crippen LogP contribution in [0.4, 0.5) is 5.69 Å². The first-order valence-corrected chi connectivity index (χ1v) is 8.55. The Morgan fingerprint density at radius 2 is 1.81 bits per heavy atom. The third-order valence-electron chi connectivity index (χ3n) is 4.01. The van der Waals surface area contributed by atoms with E-state index in [4.69, 9.17) is 9.47 Å². The second-order valence-electron chi connectivity index (χ2n) is 6.22. The lowest BCUT2D eigenvalue weighted by molar-refractivity contribution is -0.152. The molecule has 142 valence electrons. The summed E-state index contributed by atoms with van der Waals surface area (Å²) >= 11 is 0. The molecule has 0 saturated heterocycles. The number of amides is 1. The van der Waals surface area contributed by atoms with Crippen LogP contribution in [0.2, 0.25) is 0 Å². The quantitative estimate of drug-likeness (QED) is 0.598. The second-order valence-corrected chi connectivity index (χ2v) is 6.22. The van der Waals surface area contributed by atoms with E-state index in [0.29, 0.717) is 22.6 Å². The highest BCUT2D eigenvalue weighted by Crippen LogP contribution is 2.21. The fourth-order valence-corrected chi connectivity index (χ4v) is 2.63. The van der Waals surface area contributed by atoms with Crippen LogP contribution >= 0.6 is 0 Å². The molecule has 1 amide bonds. The monoisotopic (exact) mass is 369 g/mol. The summed E-state index contributed by atoms with van der Waals surface area (Å²) in [5.41, 5.74) is 2.47. The molecule has 0 radical (unpaired) electrons. The predicted octanol–water partition coefficient (Wildman–Crippen LogP) is 3.32. The molecule has 0 aliphatic carbocycles. The van der Waals surface area contributed by atoms with E-state index in [9.17, 15) is 14.4 Å². The minimum Gasteiger partial charge on any atom is -0.496 e. The molecule has 1 N–H and O–H groups in total. The first-order chi connectivity index (χ1) is 12.8. The molecule has 0 aromatic heterocycles. The van der Waals surface area contributed by atoms with E-state index in [1.54, 1.807) is 30.3 Å². The largest absolute Gasteiger partial charge is 0.496 e. The number of anilines is 1. The molecule has 1 atom stereocenters. The van der Waals surface area contributed by atoms with Crippen molar-refractivity contribution in [3.63, 3.8) is 0 Å². The summed E-state index contributed by atoms with van der Waals surface area (Å²) < 4.78 is 10.5. The number of esters is 1. The fourth-order valence-electron chi connectivity index (χ4n) is 2.63. The number of methoxy groups -OCH3 is 1. The van der Waals surface area contributed by atoms with Crippen molar-refractivity contribution in [3.05, 3.63) is 59.2 Å². The first-order valence-electron chi connectivity index (χ1n) is 8.55. The number of carbonyl (C=O) groups is 3. The van der Waals surface area contributed by atoms with Crippen LogP contribution in [0.3, 0.4) is 0 Å². The molecule has 2 aromatic rings. The highest BCUT2D eigenvalue weighted by Gasteiger charge is 2.20. The topological polar surface area (TPSA) is 81.7 Å². The SMILES string of the molecule is COc1ccc(C)cc1CC(=O)O[C@@H](C)C(=O)Nc1ccccc1C(C)=O. The van der Waals surface area contributed by atoms with Gasteiger partial charge < -0.3 is 14.8 Å². The Bertz CT molecular complexity index is 859. The van der Waals surface area contributed by atoms with E-state index < -0.39 is 18.0 Å². The lowest BCUT2D eigenvalue weighted by atomic mass is 10.1. The molecule has 0 spiro atoms. The Hall–Kier alpha value is -3.15. The highest BCUT2D eigenvalue weighted by molar-refractivity contribution is 6.04. The second kappa shape index (κ2) is 8.98. The van der Waals surface area contributed by atoms with Gasteiger partial charge in [0.15, 0.2) is 11.9 Å². The van der Waals surface area contributed by atoms with Gasteiger partial charge in [-0.3, -0.25) is 14.4 Å². The van der Waals surface area contributed by atoms with Crippen molar-refractivity contribution in [3.8, 4) is 5.75 Å². The number of benzene rings is 2. The highest BCUT2D eigenvalue weighted by atomic mass is 16.5. The minimum absolute atomic E-state index is 0.00743. The number of carbonyl (C=O) groups excluding carboxylic acids is 3. The molecule has 0 aliphatic heterocycles. The number of hydrogen-bond donors (Lipinski definition) is 1. The van der Waals surface area contributed by atoms with E-state index in [2.05, 4.69) is 5.32 Å². The number of ketones is 1. The summed E-state index contributed by atoms with van der Waals surface area (Å²) in [5, 5.41) is 2.63. The zero-order chi connectivity index (χ0) is 20.0. The van der Waals surface area contributed by atoms with Crippen molar-refractivity contribution >= 4 is 23.3 Å². The number of nitrogens with one attached hydrogen (secondary N) is 1. The van der Waals surface area contributed by atoms with E-state index in [-0.39, 0.29) is 12.2 Å². The zero-order valence-electron chi connectivity index (χ0n) is 15.9. The van der Waals surface area contributed by atoms with E-state index in [1.165, 1.54) is 21.0 Å². The summed E-state index contributed by atoms with van der Waals surface area (Å²) in [4.78, 5) is 36.2. The third-order valence-corrected chi connectivity index (χ3v) is 4.01. The zero-order valence-corrected chi connectivity index (χ0v) is 15.9. The number of para-hydroxylation sites is 1. The molecular formula is C21H23NO5. The van der Waals surface area contributed by atoms with Crippen molar-refractivity contribution < 1.29 is 23.9 Å². The maximum absolute atomic E-state index is 12.3. The van der Waals surface area contributed by atoms with Crippen molar-refractivity contribution in [2.24, 2.45) is 0 Å². The van der Waals surface area contributed by atoms with Gasteiger partial charge in [0, 0.05) is 11.1 Å². The maximum Gasteiger partial charge on any atom is 0.311 e. The van der Waals surface area contributed by atoms with Crippen LogP contribution in [0, 0.1) is 6.92 Å². The Kier molecular flexibility index (Phi) is 6.71. The van der Waals surface area contributed by atoms with Crippen LogP contribution in [0.15, 0.2) is 42.5 Å². The van der Waals surface area contributed by atoms with Crippen molar-refractivity contribution in [1.82, 2.24) is 0 Å². The minimum atomic E-state index is -1.01. The van der Waals surface area contributed by atoms with Gasteiger partial charge in [-0.2, -0.15) is 0 Å². The average Bonchev–Trinajstić information content (AvgIpc) is 2.62. The summed E-state index contributed by atoms with van der Waals surface area (Å²) in [6.45, 7) is 4.82. The first kappa shape index (κ1) is 20.2. The normalized spacial score (nSPS) is 11.4. The van der Waals surface area contributed by atoms with E-state index >= 15 is 0 Å². The molecule has 0 aliphatic rings. The summed E-state index contributed by atoms with van der Waals surface area (Å²) in [5.74, 6) is -0.623. The molecule has 0 heterocycles. The number of aryl methyl sites for hydroxylation is 1. The lowest BCUT2D eigenvalue weighted by Gasteiger charge is -2.15. The van der Waals surface area contributed by atoms with Gasteiger partial charge in [0.25, 0.3) is 5.91 Å². The van der Waals surface area contributed by atoms with Gasteiger partial charge in [0.1, 0.15) is 5.75 Å². The molecular weight excluding hydrogens is 346 g/mol. The fraction of sp³-hybridized carbons (Fsp3) is 0.286. The van der Waals surface area contributed by atoms with Crippen LogP contribution in [-0.2, 0) is 20.7 Å². The Morgan fingerprint density at radius 3 is 2.48 bits per heavy atom.